The van der Waals surface area contributed by atoms with Crippen molar-refractivity contribution in [1.82, 2.24) is 10.3 Å². The summed E-state index contributed by atoms with van der Waals surface area (Å²) in [6, 6.07) is 23.2. The Kier molecular flexibility index (Phi) is 6.16. The standard InChI is InChI=1S/C16H11FN2O2.C6H6/c17-12-4-1-3-11(9-12)7-8-13-5-2-6-14(18-13)15-10-21-16(20)19-15;1-2-4-6-5-3-1/h1-6,9,15H,10H2,(H,19,20);1-6H/t15-;/m0./s1. The summed E-state index contributed by atoms with van der Waals surface area (Å²) < 4.78 is 17.9. The van der Waals surface area contributed by atoms with Crippen molar-refractivity contribution in [3.63, 3.8) is 0 Å². The van der Waals surface area contributed by atoms with E-state index in [-0.39, 0.29) is 18.5 Å². The topological polar surface area (TPSA) is 51.2 Å². The van der Waals surface area contributed by atoms with Crippen molar-refractivity contribution >= 4 is 6.09 Å². The highest BCUT2D eigenvalue weighted by atomic mass is 19.1. The van der Waals surface area contributed by atoms with E-state index in [9.17, 15) is 9.18 Å². The predicted octanol–water partition coefficient (Wildman–Crippen LogP) is 4.09. The Morgan fingerprint density at radius 2 is 1.67 bits per heavy atom. The summed E-state index contributed by atoms with van der Waals surface area (Å²) in [5.41, 5.74) is 1.82. The lowest BCUT2D eigenvalue weighted by Crippen LogP contribution is -2.19. The molecule has 4 rings (SSSR count). The van der Waals surface area contributed by atoms with Crippen LogP contribution in [0.1, 0.15) is 23.0 Å². The summed E-state index contributed by atoms with van der Waals surface area (Å²) in [4.78, 5) is 15.4. The minimum Gasteiger partial charge on any atom is -0.447 e. The van der Waals surface area contributed by atoms with E-state index < -0.39 is 6.09 Å². The molecule has 1 amide bonds. The smallest absolute Gasteiger partial charge is 0.407 e. The fourth-order valence-electron chi connectivity index (χ4n) is 2.35. The first kappa shape index (κ1) is 18.2. The third-order valence-corrected chi connectivity index (χ3v) is 3.63. The average molecular weight is 360 g/mol. The Morgan fingerprint density at radius 1 is 0.963 bits per heavy atom. The molecule has 1 aliphatic heterocycles. The summed E-state index contributed by atoms with van der Waals surface area (Å²) in [7, 11) is 0. The van der Waals surface area contributed by atoms with Crippen molar-refractivity contribution in [2.75, 3.05) is 6.61 Å². The Balaban J connectivity index is 0.000000299. The van der Waals surface area contributed by atoms with Gasteiger partial charge in [-0.3, -0.25) is 0 Å². The molecule has 0 radical (unpaired) electrons. The van der Waals surface area contributed by atoms with Crippen LogP contribution in [-0.2, 0) is 4.74 Å². The second kappa shape index (κ2) is 9.16. The molecule has 1 atom stereocenters. The Labute approximate surface area is 157 Å². The van der Waals surface area contributed by atoms with Gasteiger partial charge in [0.15, 0.2) is 0 Å². The van der Waals surface area contributed by atoms with Crippen LogP contribution >= 0.6 is 0 Å². The van der Waals surface area contributed by atoms with Crippen LogP contribution in [0.3, 0.4) is 0 Å². The van der Waals surface area contributed by atoms with E-state index in [1.165, 1.54) is 12.1 Å². The number of aromatic nitrogens is 1. The second-order valence-corrected chi connectivity index (χ2v) is 5.66. The summed E-state index contributed by atoms with van der Waals surface area (Å²) in [5.74, 6) is 5.41. The van der Waals surface area contributed by atoms with Gasteiger partial charge in [0.1, 0.15) is 24.2 Å². The van der Waals surface area contributed by atoms with Crippen LogP contribution in [0.4, 0.5) is 9.18 Å². The molecule has 0 saturated carbocycles. The molecule has 1 fully saturated rings. The maximum atomic E-state index is 13.1. The molecule has 2 heterocycles. The molecule has 5 heteroatoms. The Morgan fingerprint density at radius 3 is 2.30 bits per heavy atom. The van der Waals surface area contributed by atoms with Gasteiger partial charge < -0.3 is 10.1 Å². The van der Waals surface area contributed by atoms with Crippen molar-refractivity contribution in [3.05, 3.63) is 102 Å². The number of carbonyl (C=O) groups excluding carboxylic acids is 1. The molecule has 0 bridgehead atoms. The van der Waals surface area contributed by atoms with Crippen LogP contribution in [0, 0.1) is 17.7 Å². The third kappa shape index (κ3) is 5.68. The second-order valence-electron chi connectivity index (χ2n) is 5.66. The van der Waals surface area contributed by atoms with E-state index in [4.69, 9.17) is 4.74 Å². The van der Waals surface area contributed by atoms with E-state index in [2.05, 4.69) is 22.1 Å². The molecule has 1 N–H and O–H groups in total. The number of nitrogens with zero attached hydrogens (tertiary/aromatic N) is 1. The summed E-state index contributed by atoms with van der Waals surface area (Å²) in [6.45, 7) is 0.257. The highest BCUT2D eigenvalue weighted by Gasteiger charge is 2.24. The number of rotatable bonds is 1. The number of alkyl carbamates (subject to hydrolysis) is 1. The van der Waals surface area contributed by atoms with Crippen LogP contribution < -0.4 is 5.32 Å². The average Bonchev–Trinajstić information content (AvgIpc) is 3.15. The third-order valence-electron chi connectivity index (χ3n) is 3.63. The number of amides is 1. The maximum absolute atomic E-state index is 13.1. The van der Waals surface area contributed by atoms with Gasteiger partial charge in [0, 0.05) is 5.56 Å². The molecular formula is C22H17FN2O2. The highest BCUT2D eigenvalue weighted by Crippen LogP contribution is 2.16. The fourth-order valence-corrected chi connectivity index (χ4v) is 2.35. The first-order valence-corrected chi connectivity index (χ1v) is 8.38. The van der Waals surface area contributed by atoms with Gasteiger partial charge >= 0.3 is 6.09 Å². The van der Waals surface area contributed by atoms with Gasteiger partial charge in [0.25, 0.3) is 0 Å². The van der Waals surface area contributed by atoms with Crippen LogP contribution in [-0.4, -0.2) is 17.7 Å². The molecule has 3 aromatic rings. The SMILES string of the molecule is O=C1N[C@H](c2cccc(C#Cc3cccc(F)c3)n2)CO1.c1ccccc1. The van der Waals surface area contributed by atoms with Gasteiger partial charge in [-0.1, -0.05) is 54.5 Å². The van der Waals surface area contributed by atoms with E-state index in [1.54, 1.807) is 24.3 Å². The van der Waals surface area contributed by atoms with Gasteiger partial charge in [0.05, 0.1) is 5.69 Å². The maximum Gasteiger partial charge on any atom is 0.407 e. The molecule has 0 aliphatic carbocycles. The van der Waals surface area contributed by atoms with E-state index in [0.29, 0.717) is 17.0 Å². The number of carbonyl (C=O) groups is 1. The van der Waals surface area contributed by atoms with Crippen LogP contribution in [0.5, 0.6) is 0 Å². The number of cyclic esters (lactones) is 1. The monoisotopic (exact) mass is 360 g/mol. The van der Waals surface area contributed by atoms with Crippen molar-refractivity contribution in [2.45, 2.75) is 6.04 Å². The lowest BCUT2D eigenvalue weighted by Gasteiger charge is -2.06. The zero-order valence-electron chi connectivity index (χ0n) is 14.4. The minimum absolute atomic E-state index is 0.256. The lowest BCUT2D eigenvalue weighted by atomic mass is 10.2. The highest BCUT2D eigenvalue weighted by molar-refractivity contribution is 5.69. The molecule has 0 unspecified atom stereocenters. The minimum atomic E-state index is -0.446. The summed E-state index contributed by atoms with van der Waals surface area (Å²) >= 11 is 0. The van der Waals surface area contributed by atoms with Crippen molar-refractivity contribution in [2.24, 2.45) is 0 Å². The molecule has 134 valence electrons. The first-order chi connectivity index (χ1) is 13.2. The van der Waals surface area contributed by atoms with Crippen LogP contribution in [0.2, 0.25) is 0 Å². The molecule has 1 saturated heterocycles. The molecule has 1 aliphatic rings. The predicted molar refractivity (Wildman–Crippen MR) is 100 cm³/mol. The van der Waals surface area contributed by atoms with Gasteiger partial charge in [-0.15, -0.1) is 0 Å². The Hall–Kier alpha value is -3.65. The molecule has 0 spiro atoms. The Bertz CT molecular complexity index is 938. The molecule has 1 aromatic heterocycles. The number of pyridine rings is 1. The van der Waals surface area contributed by atoms with Gasteiger partial charge in [0.2, 0.25) is 0 Å². The number of nitrogens with one attached hydrogen (secondary N) is 1. The molecule has 2 aromatic carbocycles. The van der Waals surface area contributed by atoms with Crippen LogP contribution in [0.25, 0.3) is 0 Å². The number of benzene rings is 2. The largest absolute Gasteiger partial charge is 0.447 e. The van der Waals surface area contributed by atoms with Crippen molar-refractivity contribution in [1.29, 1.82) is 0 Å². The van der Waals surface area contributed by atoms with Gasteiger partial charge in [-0.2, -0.15) is 0 Å². The molecule has 27 heavy (non-hydrogen) atoms. The van der Waals surface area contributed by atoms with Crippen LogP contribution in [0.15, 0.2) is 78.9 Å². The number of hydrogen-bond donors (Lipinski definition) is 1. The number of ether oxygens (including phenoxy) is 1. The van der Waals surface area contributed by atoms with E-state index in [0.717, 1.165) is 0 Å². The van der Waals surface area contributed by atoms with Crippen molar-refractivity contribution in [3.8, 4) is 11.8 Å². The zero-order chi connectivity index (χ0) is 18.9. The summed E-state index contributed by atoms with van der Waals surface area (Å²) in [5, 5.41) is 2.66. The van der Waals surface area contributed by atoms with Crippen molar-refractivity contribution < 1.29 is 13.9 Å². The normalized spacial score (nSPS) is 14.7. The molecular weight excluding hydrogens is 343 g/mol. The first-order valence-electron chi connectivity index (χ1n) is 8.38. The van der Waals surface area contributed by atoms with Gasteiger partial charge in [-0.25, -0.2) is 14.2 Å². The lowest BCUT2D eigenvalue weighted by molar-refractivity contribution is 0.177. The van der Waals surface area contributed by atoms with Gasteiger partial charge in [-0.05, 0) is 36.3 Å². The number of halogens is 1. The van der Waals surface area contributed by atoms with E-state index >= 15 is 0 Å². The quantitative estimate of drug-likeness (QED) is 0.665. The zero-order valence-corrected chi connectivity index (χ0v) is 14.4. The molecule has 4 nitrogen and oxygen atoms in total. The van der Waals surface area contributed by atoms with E-state index in [1.807, 2.05) is 42.5 Å². The fraction of sp³-hybridized carbons (Fsp3) is 0.0909. The number of hydrogen-bond acceptors (Lipinski definition) is 3. The summed E-state index contributed by atoms with van der Waals surface area (Å²) in [6.07, 6.45) is -0.446.